The van der Waals surface area contributed by atoms with Gasteiger partial charge in [0.1, 0.15) is 17.4 Å². The van der Waals surface area contributed by atoms with Gasteiger partial charge in [0.15, 0.2) is 0 Å². The molecular weight excluding hydrogens is 270 g/mol. The molecule has 0 aliphatic carbocycles. The number of furan rings is 1. The zero-order valence-corrected chi connectivity index (χ0v) is 11.7. The Morgan fingerprint density at radius 2 is 2.24 bits per heavy atom. The summed E-state index contributed by atoms with van der Waals surface area (Å²) in [6.07, 6.45) is 0. The van der Waals surface area contributed by atoms with Crippen molar-refractivity contribution in [2.45, 2.75) is 19.0 Å². The number of fused-ring (bicyclic) bond motifs is 1. The third-order valence-corrected chi connectivity index (χ3v) is 3.56. The van der Waals surface area contributed by atoms with E-state index in [0.29, 0.717) is 12.3 Å². The van der Waals surface area contributed by atoms with Gasteiger partial charge in [-0.1, -0.05) is 18.2 Å². The fourth-order valence-electron chi connectivity index (χ4n) is 2.35. The highest BCUT2D eigenvalue weighted by molar-refractivity contribution is 5.87. The number of nitrogens with one attached hydrogen (secondary N) is 3. The molecule has 6 heteroatoms. The number of carbonyl (C=O) groups is 2. The second-order valence-electron chi connectivity index (χ2n) is 5.15. The molecule has 2 aromatic rings. The minimum atomic E-state index is -0.408. The highest BCUT2D eigenvalue weighted by atomic mass is 16.3. The summed E-state index contributed by atoms with van der Waals surface area (Å²) in [4.78, 5) is 23.2. The SMILES string of the molecule is CC(NC(=O)C1CNC(=O)CN1)c1cc2ccccc2o1. The third kappa shape index (κ3) is 2.90. The predicted molar refractivity (Wildman–Crippen MR) is 77.6 cm³/mol. The summed E-state index contributed by atoms with van der Waals surface area (Å²) in [5.41, 5.74) is 0.802. The number of piperazine rings is 1. The molecule has 0 spiro atoms. The van der Waals surface area contributed by atoms with Crippen molar-refractivity contribution in [3.8, 4) is 0 Å². The lowest BCUT2D eigenvalue weighted by atomic mass is 10.1. The van der Waals surface area contributed by atoms with Gasteiger partial charge in [-0.3, -0.25) is 14.9 Å². The molecule has 2 unspecified atom stereocenters. The quantitative estimate of drug-likeness (QED) is 0.776. The average Bonchev–Trinajstić information content (AvgIpc) is 2.92. The Kier molecular flexibility index (Phi) is 3.62. The van der Waals surface area contributed by atoms with Crippen molar-refractivity contribution in [3.05, 3.63) is 36.1 Å². The molecule has 3 rings (SSSR count). The third-order valence-electron chi connectivity index (χ3n) is 3.56. The molecule has 110 valence electrons. The van der Waals surface area contributed by atoms with Gasteiger partial charge in [0, 0.05) is 11.9 Å². The molecule has 0 saturated carbocycles. The molecule has 1 saturated heterocycles. The van der Waals surface area contributed by atoms with Crippen LogP contribution in [0.2, 0.25) is 0 Å². The number of hydrogen-bond acceptors (Lipinski definition) is 4. The van der Waals surface area contributed by atoms with Crippen molar-refractivity contribution in [1.29, 1.82) is 0 Å². The molecule has 2 amide bonds. The summed E-state index contributed by atoms with van der Waals surface area (Å²) in [6.45, 7) is 2.34. The summed E-state index contributed by atoms with van der Waals surface area (Å²) in [5, 5.41) is 9.47. The maximum atomic E-state index is 12.1. The Bertz CT molecular complexity index is 637. The first-order valence-electron chi connectivity index (χ1n) is 6.92. The van der Waals surface area contributed by atoms with E-state index < -0.39 is 6.04 Å². The van der Waals surface area contributed by atoms with E-state index in [0.717, 1.165) is 11.0 Å². The maximum Gasteiger partial charge on any atom is 0.239 e. The minimum Gasteiger partial charge on any atom is -0.459 e. The first-order valence-corrected chi connectivity index (χ1v) is 6.92. The van der Waals surface area contributed by atoms with Crippen LogP contribution in [0.1, 0.15) is 18.7 Å². The average molecular weight is 287 g/mol. The molecule has 0 bridgehead atoms. The number of benzene rings is 1. The van der Waals surface area contributed by atoms with Crippen LogP contribution in [-0.4, -0.2) is 30.9 Å². The molecule has 1 aliphatic heterocycles. The van der Waals surface area contributed by atoms with Crippen molar-refractivity contribution >= 4 is 22.8 Å². The summed E-state index contributed by atoms with van der Waals surface area (Å²) >= 11 is 0. The molecular formula is C15H17N3O3. The summed E-state index contributed by atoms with van der Waals surface area (Å²) in [5.74, 6) is 0.469. The van der Waals surface area contributed by atoms with Crippen LogP contribution in [-0.2, 0) is 9.59 Å². The van der Waals surface area contributed by atoms with Gasteiger partial charge in [-0.25, -0.2) is 0 Å². The lowest BCUT2D eigenvalue weighted by Crippen LogP contribution is -2.58. The molecule has 2 heterocycles. The Labute approximate surface area is 121 Å². The van der Waals surface area contributed by atoms with E-state index in [2.05, 4.69) is 16.0 Å². The maximum absolute atomic E-state index is 12.1. The fraction of sp³-hybridized carbons (Fsp3) is 0.333. The van der Waals surface area contributed by atoms with Gasteiger partial charge in [0.05, 0.1) is 12.6 Å². The van der Waals surface area contributed by atoms with Gasteiger partial charge in [-0.2, -0.15) is 0 Å². The van der Waals surface area contributed by atoms with Crippen molar-refractivity contribution in [2.75, 3.05) is 13.1 Å². The smallest absolute Gasteiger partial charge is 0.239 e. The topological polar surface area (TPSA) is 83.4 Å². The lowest BCUT2D eigenvalue weighted by Gasteiger charge is -2.24. The highest BCUT2D eigenvalue weighted by Gasteiger charge is 2.25. The molecule has 1 aliphatic rings. The Morgan fingerprint density at radius 3 is 2.95 bits per heavy atom. The lowest BCUT2D eigenvalue weighted by molar-refractivity contribution is -0.127. The number of hydrogen-bond donors (Lipinski definition) is 3. The zero-order chi connectivity index (χ0) is 14.8. The van der Waals surface area contributed by atoms with Crippen molar-refractivity contribution in [3.63, 3.8) is 0 Å². The summed E-state index contributed by atoms with van der Waals surface area (Å²) in [6, 6.07) is 9.00. The van der Waals surface area contributed by atoms with Gasteiger partial charge in [-0.05, 0) is 19.1 Å². The van der Waals surface area contributed by atoms with E-state index in [9.17, 15) is 9.59 Å². The van der Waals surface area contributed by atoms with Crippen molar-refractivity contribution in [2.24, 2.45) is 0 Å². The highest BCUT2D eigenvalue weighted by Crippen LogP contribution is 2.23. The minimum absolute atomic E-state index is 0.0932. The van der Waals surface area contributed by atoms with Crippen LogP contribution < -0.4 is 16.0 Å². The largest absolute Gasteiger partial charge is 0.459 e. The van der Waals surface area contributed by atoms with E-state index in [1.165, 1.54) is 0 Å². The van der Waals surface area contributed by atoms with Crippen LogP contribution in [0.3, 0.4) is 0 Å². The Balaban J connectivity index is 1.66. The molecule has 6 nitrogen and oxygen atoms in total. The van der Waals surface area contributed by atoms with Crippen LogP contribution in [0.15, 0.2) is 34.7 Å². The van der Waals surface area contributed by atoms with E-state index in [1.54, 1.807) is 0 Å². The van der Waals surface area contributed by atoms with Crippen LogP contribution in [0, 0.1) is 0 Å². The van der Waals surface area contributed by atoms with Gasteiger partial charge in [-0.15, -0.1) is 0 Å². The first-order chi connectivity index (χ1) is 10.1. The first kappa shape index (κ1) is 13.6. The van der Waals surface area contributed by atoms with Crippen molar-refractivity contribution < 1.29 is 14.0 Å². The predicted octanol–water partition coefficient (Wildman–Crippen LogP) is 0.698. The van der Waals surface area contributed by atoms with E-state index in [1.807, 2.05) is 37.3 Å². The van der Waals surface area contributed by atoms with Gasteiger partial charge in [0.25, 0.3) is 0 Å². The molecule has 1 fully saturated rings. The summed E-state index contributed by atoms with van der Waals surface area (Å²) in [7, 11) is 0. The van der Waals surface area contributed by atoms with Crippen LogP contribution in [0.25, 0.3) is 11.0 Å². The monoisotopic (exact) mass is 287 g/mol. The second-order valence-corrected chi connectivity index (χ2v) is 5.15. The second kappa shape index (κ2) is 5.57. The molecule has 3 N–H and O–H groups in total. The van der Waals surface area contributed by atoms with Crippen LogP contribution in [0.4, 0.5) is 0 Å². The van der Waals surface area contributed by atoms with Crippen LogP contribution in [0.5, 0.6) is 0 Å². The van der Waals surface area contributed by atoms with Crippen molar-refractivity contribution in [1.82, 2.24) is 16.0 Å². The van der Waals surface area contributed by atoms with Gasteiger partial charge >= 0.3 is 0 Å². The van der Waals surface area contributed by atoms with Gasteiger partial charge < -0.3 is 15.1 Å². The molecule has 21 heavy (non-hydrogen) atoms. The normalized spacial score (nSPS) is 20.0. The molecule has 0 radical (unpaired) electrons. The van der Waals surface area contributed by atoms with Gasteiger partial charge in [0.2, 0.25) is 11.8 Å². The van der Waals surface area contributed by atoms with E-state index in [4.69, 9.17) is 4.42 Å². The number of carbonyl (C=O) groups excluding carboxylic acids is 2. The fourth-order valence-corrected chi connectivity index (χ4v) is 2.35. The van der Waals surface area contributed by atoms with E-state index in [-0.39, 0.29) is 24.4 Å². The standard InChI is InChI=1S/C15H17N3O3/c1-9(13-6-10-4-2-3-5-12(10)21-13)18-15(20)11-7-17-14(19)8-16-11/h2-6,9,11,16H,7-8H2,1H3,(H,17,19)(H,18,20). The van der Waals surface area contributed by atoms with Crippen LogP contribution >= 0.6 is 0 Å². The number of amides is 2. The zero-order valence-electron chi connectivity index (χ0n) is 11.7. The van der Waals surface area contributed by atoms with E-state index >= 15 is 0 Å². The molecule has 1 aromatic carbocycles. The summed E-state index contributed by atoms with van der Waals surface area (Å²) < 4.78 is 5.73. The number of rotatable bonds is 3. The molecule has 2 atom stereocenters. The number of para-hydroxylation sites is 1. The Morgan fingerprint density at radius 1 is 1.43 bits per heavy atom. The Hall–Kier alpha value is -2.34. The molecule has 1 aromatic heterocycles.